The van der Waals surface area contributed by atoms with E-state index < -0.39 is 0 Å². The van der Waals surface area contributed by atoms with Gasteiger partial charge in [0, 0.05) is 0 Å². The van der Waals surface area contributed by atoms with Crippen LogP contribution in [-0.2, 0) is 18.0 Å². The second kappa shape index (κ2) is 26.6. The zero-order valence-electron chi connectivity index (χ0n) is 26.4. The Bertz CT molecular complexity index is 791. The standard InChI is InChI=1S/C36H63N2O.ClH/c1-3-5-7-9-11-13-15-16-18-20-22-27-33-39-34-38-32-31-37(36(38)35-28-24-23-25-29-35)30-26-21-19-17-14-12-10-8-6-4-2;/h23-25,28-29,31-32H,3-22,26-27,30,33-34H2,1-2H3;1H/q+1;/p-1. The summed E-state index contributed by atoms with van der Waals surface area (Å²) in [5.74, 6) is 1.28. The van der Waals surface area contributed by atoms with Crippen molar-refractivity contribution in [2.24, 2.45) is 0 Å². The van der Waals surface area contributed by atoms with Crippen LogP contribution in [0, 0.1) is 0 Å². The van der Waals surface area contributed by atoms with Crippen molar-refractivity contribution in [2.45, 2.75) is 168 Å². The van der Waals surface area contributed by atoms with E-state index in [4.69, 9.17) is 4.74 Å². The van der Waals surface area contributed by atoms with Crippen molar-refractivity contribution < 1.29 is 21.7 Å². The number of ether oxygens (including phenoxy) is 1. The van der Waals surface area contributed by atoms with Crippen molar-refractivity contribution >= 4 is 0 Å². The highest BCUT2D eigenvalue weighted by Gasteiger charge is 2.19. The molecular weight excluding hydrogens is 512 g/mol. The van der Waals surface area contributed by atoms with E-state index in [0.29, 0.717) is 6.73 Å². The fraction of sp³-hybridized carbons (Fsp3) is 0.750. The van der Waals surface area contributed by atoms with Crippen LogP contribution < -0.4 is 17.0 Å². The van der Waals surface area contributed by atoms with Gasteiger partial charge in [-0.15, -0.1) is 0 Å². The van der Waals surface area contributed by atoms with Gasteiger partial charge in [-0.1, -0.05) is 154 Å². The Morgan fingerprint density at radius 3 is 1.52 bits per heavy atom. The van der Waals surface area contributed by atoms with Gasteiger partial charge in [-0.05, 0) is 31.4 Å². The average Bonchev–Trinajstić information content (AvgIpc) is 3.37. The summed E-state index contributed by atoms with van der Waals surface area (Å²) in [6.45, 7) is 7.19. The number of aromatic nitrogens is 2. The van der Waals surface area contributed by atoms with Crippen LogP contribution >= 0.6 is 0 Å². The molecule has 1 aromatic heterocycles. The van der Waals surface area contributed by atoms with Crippen LogP contribution in [0.3, 0.4) is 0 Å². The van der Waals surface area contributed by atoms with E-state index in [1.165, 1.54) is 153 Å². The lowest BCUT2D eigenvalue weighted by Crippen LogP contribution is -3.00. The zero-order valence-corrected chi connectivity index (χ0v) is 27.2. The van der Waals surface area contributed by atoms with Gasteiger partial charge in [0.25, 0.3) is 5.82 Å². The van der Waals surface area contributed by atoms with Crippen LogP contribution in [0.2, 0.25) is 0 Å². The molecule has 4 heteroatoms. The van der Waals surface area contributed by atoms with E-state index >= 15 is 0 Å². The molecule has 1 aromatic carbocycles. The van der Waals surface area contributed by atoms with Crippen molar-refractivity contribution in [3.05, 3.63) is 42.7 Å². The summed E-state index contributed by atoms with van der Waals surface area (Å²) >= 11 is 0. The Labute approximate surface area is 254 Å². The van der Waals surface area contributed by atoms with Crippen LogP contribution in [0.5, 0.6) is 0 Å². The maximum Gasteiger partial charge on any atom is 0.290 e. The molecule has 0 amide bonds. The van der Waals surface area contributed by atoms with Gasteiger partial charge in [0.1, 0.15) is 12.4 Å². The molecule has 1 heterocycles. The SMILES string of the molecule is CCCCCCCCCCCCCCOC[n+]1ccn(CCCCCCCCCCCC)c1-c1ccccc1.[Cl-]. The first-order valence-electron chi connectivity index (χ1n) is 17.1. The summed E-state index contributed by atoms with van der Waals surface area (Å²) in [5.41, 5.74) is 1.28. The second-order valence-electron chi connectivity index (χ2n) is 11.8. The number of nitrogens with zero attached hydrogens (tertiary/aromatic N) is 2. The number of aryl methyl sites for hydroxylation is 1. The lowest BCUT2D eigenvalue weighted by molar-refractivity contribution is -0.722. The molecule has 40 heavy (non-hydrogen) atoms. The Balaban J connectivity index is 0.00000800. The third kappa shape index (κ3) is 17.5. The normalized spacial score (nSPS) is 11.2. The number of unbranched alkanes of at least 4 members (excludes halogenated alkanes) is 20. The molecule has 2 aromatic rings. The summed E-state index contributed by atoms with van der Waals surface area (Å²) in [6.07, 6.45) is 34.9. The van der Waals surface area contributed by atoms with Gasteiger partial charge in [0.2, 0.25) is 0 Å². The van der Waals surface area contributed by atoms with Crippen LogP contribution in [0.25, 0.3) is 11.4 Å². The summed E-state index contributed by atoms with van der Waals surface area (Å²) in [7, 11) is 0. The van der Waals surface area contributed by atoms with Crippen molar-refractivity contribution in [2.75, 3.05) is 6.61 Å². The molecule has 0 radical (unpaired) electrons. The van der Waals surface area contributed by atoms with Crippen LogP contribution in [0.4, 0.5) is 0 Å². The molecule has 0 aliphatic heterocycles. The molecule has 230 valence electrons. The predicted molar refractivity (Wildman–Crippen MR) is 169 cm³/mol. The first kappa shape index (κ1) is 36.7. The van der Waals surface area contributed by atoms with Crippen molar-refractivity contribution in [1.29, 1.82) is 0 Å². The number of imidazole rings is 1. The van der Waals surface area contributed by atoms with E-state index in [0.717, 1.165) is 13.2 Å². The molecule has 0 saturated heterocycles. The molecule has 3 nitrogen and oxygen atoms in total. The molecule has 0 N–H and O–H groups in total. The predicted octanol–water partition coefficient (Wildman–Crippen LogP) is 8.04. The van der Waals surface area contributed by atoms with Crippen LogP contribution in [-0.4, -0.2) is 11.2 Å². The fourth-order valence-electron chi connectivity index (χ4n) is 5.65. The quantitative estimate of drug-likeness (QED) is 0.0779. The van der Waals surface area contributed by atoms with Crippen LogP contribution in [0.15, 0.2) is 42.7 Å². The lowest BCUT2D eigenvalue weighted by atomic mass is 10.1. The minimum absolute atomic E-state index is 0. The molecule has 0 spiro atoms. The van der Waals surface area contributed by atoms with E-state index in [2.05, 4.69) is 65.7 Å². The molecule has 0 fully saturated rings. The Morgan fingerprint density at radius 2 is 1.02 bits per heavy atom. The van der Waals surface area contributed by atoms with Gasteiger partial charge in [-0.25, -0.2) is 9.13 Å². The van der Waals surface area contributed by atoms with Crippen molar-refractivity contribution in [3.63, 3.8) is 0 Å². The first-order chi connectivity index (χ1) is 19.4. The van der Waals surface area contributed by atoms with Crippen molar-refractivity contribution in [3.8, 4) is 11.4 Å². The van der Waals surface area contributed by atoms with E-state index in [1.54, 1.807) is 0 Å². The van der Waals surface area contributed by atoms with Gasteiger partial charge in [-0.3, -0.25) is 0 Å². The Hall–Kier alpha value is -1.32. The molecule has 2 rings (SSSR count). The van der Waals surface area contributed by atoms with E-state index in [-0.39, 0.29) is 12.4 Å². The van der Waals surface area contributed by atoms with E-state index in [1.807, 2.05) is 0 Å². The molecule has 0 aliphatic rings. The maximum absolute atomic E-state index is 6.14. The van der Waals surface area contributed by atoms with Gasteiger partial charge in [0.15, 0.2) is 6.73 Å². The summed E-state index contributed by atoms with van der Waals surface area (Å²) < 4.78 is 10.9. The highest BCUT2D eigenvalue weighted by molar-refractivity contribution is 5.52. The number of rotatable bonds is 27. The fourth-order valence-corrected chi connectivity index (χ4v) is 5.65. The van der Waals surface area contributed by atoms with Gasteiger partial charge in [-0.2, -0.15) is 0 Å². The lowest BCUT2D eigenvalue weighted by Gasteiger charge is -2.07. The van der Waals surface area contributed by atoms with Gasteiger partial charge < -0.3 is 17.1 Å². The number of hydrogen-bond donors (Lipinski definition) is 0. The average molecular weight is 575 g/mol. The molecule has 0 bridgehead atoms. The number of hydrogen-bond acceptors (Lipinski definition) is 1. The van der Waals surface area contributed by atoms with Crippen LogP contribution in [0.1, 0.15) is 155 Å². The Kier molecular flexibility index (Phi) is 24.4. The largest absolute Gasteiger partial charge is 1.00 e. The molecule has 0 saturated carbocycles. The maximum atomic E-state index is 6.14. The molecule has 0 aliphatic carbocycles. The minimum Gasteiger partial charge on any atom is -1.00 e. The van der Waals surface area contributed by atoms with Crippen molar-refractivity contribution in [1.82, 2.24) is 4.57 Å². The number of halogens is 1. The highest BCUT2D eigenvalue weighted by Crippen LogP contribution is 2.18. The Morgan fingerprint density at radius 1 is 0.575 bits per heavy atom. The first-order valence-corrected chi connectivity index (χ1v) is 17.1. The minimum atomic E-state index is 0. The zero-order chi connectivity index (χ0) is 27.6. The number of benzene rings is 1. The van der Waals surface area contributed by atoms with Gasteiger partial charge >= 0.3 is 0 Å². The topological polar surface area (TPSA) is 18.0 Å². The smallest absolute Gasteiger partial charge is 0.290 e. The highest BCUT2D eigenvalue weighted by atomic mass is 35.5. The molecule has 0 unspecified atom stereocenters. The molecular formula is C36H63ClN2O. The summed E-state index contributed by atoms with van der Waals surface area (Å²) in [5, 5.41) is 0. The molecule has 0 atom stereocenters. The monoisotopic (exact) mass is 574 g/mol. The van der Waals surface area contributed by atoms with Gasteiger partial charge in [0.05, 0.1) is 18.7 Å². The summed E-state index contributed by atoms with van der Waals surface area (Å²) in [6, 6.07) is 10.8. The summed E-state index contributed by atoms with van der Waals surface area (Å²) in [4.78, 5) is 0. The second-order valence-corrected chi connectivity index (χ2v) is 11.8. The third-order valence-corrected chi connectivity index (χ3v) is 8.13. The van der Waals surface area contributed by atoms with E-state index in [9.17, 15) is 0 Å². The third-order valence-electron chi connectivity index (χ3n) is 8.13.